The molecule has 28 nitrogen and oxygen atoms in total. The molecule has 0 unspecified atom stereocenters. The fraction of sp³-hybridized carbons (Fsp3) is 0.493. The number of hydrogen-bond donors (Lipinski definition) is 8. The van der Waals surface area contributed by atoms with Gasteiger partial charge in [-0.2, -0.15) is 0 Å². The first-order chi connectivity index (χ1) is 49.4. The number of nitrogens with two attached hydrogens (primary N) is 2. The van der Waals surface area contributed by atoms with Crippen LogP contribution in [0.2, 0.25) is 0 Å². The van der Waals surface area contributed by atoms with Crippen molar-refractivity contribution in [3.63, 3.8) is 0 Å². The maximum atomic E-state index is 13.1. The number of fused-ring (bicyclic) bond motifs is 1. The average molecular weight is 1750 g/mol. The Hall–Kier alpha value is -5.97. The third kappa shape index (κ3) is 38.6. The van der Waals surface area contributed by atoms with Crippen LogP contribution in [-0.4, -0.2) is 311 Å². The SMILES string of the molecule is N[C@H](CCc1ccccc1)C(=O)COCc1ccc(CCC(=O)CN2CCN(CC(=O)O)CCN(CC(=O)O)CCN(CC(=O)O)CC2)cc1.N[C@H](Cc1ccc2ccccc2c1)C(=O)COCc1ccc(CCC(=O)CN2CCN(CC(=O)O)CCN(CC(=O)O)CCN(CC(=O)O)CC2)cc1.[Gd+3].[Gd+3]. The molecule has 7 rings (SSSR count). The molecule has 10 N–H and O–H groups in total. The van der Waals surface area contributed by atoms with Crippen LogP contribution in [0.15, 0.2) is 121 Å². The van der Waals surface area contributed by atoms with Crippen molar-refractivity contribution in [2.24, 2.45) is 11.5 Å². The minimum Gasteiger partial charge on any atom is -0.480 e. The summed E-state index contributed by atoms with van der Waals surface area (Å²) < 4.78 is 11.3. The molecule has 105 heavy (non-hydrogen) atoms. The van der Waals surface area contributed by atoms with E-state index in [0.29, 0.717) is 137 Å². The number of nitrogens with zero attached hydrogens (tertiary/aromatic N) is 8. The number of benzene rings is 5. The van der Waals surface area contributed by atoms with Crippen LogP contribution < -0.4 is 11.5 Å². The van der Waals surface area contributed by atoms with Gasteiger partial charge in [-0.05, 0) is 76.3 Å². The summed E-state index contributed by atoms with van der Waals surface area (Å²) >= 11 is 0. The molecule has 570 valence electrons. The standard InChI is InChI=1S/C39H51N5O9.C36H51N5O9.2Gd/c40-35(22-31-9-11-32-3-1-2-4-33(32)21-31)36(46)28-53-27-30-7-5-29(6-8-30)10-12-34(45)23-41-13-15-42(24-37(47)48)17-19-44(26-39(51)52)20-18-43(16-14-41)25-38(49)50;37-32(13-11-28-4-2-1-3-5-28)33(43)27-50-26-30-8-6-29(7-9-30)10-12-31(42)22-38-14-16-39(23-34(44)45)18-20-41(25-36(48)49)21-19-40(17-15-38)24-35(46)47;;/h1-9,11,21,35H,10,12-20,22-28,40H2,(H,47,48)(H,49,50)(H,51,52);1-9,32H,10-27,37H2,(H,44,45)(H,46,47)(H,48,49);;/q;;2*+3/t35-;32-;;/m11../s1. The average Bonchev–Trinajstić information content (AvgIpc) is 0.846. The molecule has 2 aliphatic rings. The summed E-state index contributed by atoms with van der Waals surface area (Å²) in [5, 5.41) is 58.6. The summed E-state index contributed by atoms with van der Waals surface area (Å²) in [6.07, 6.45) is 3.34. The zero-order valence-electron chi connectivity index (χ0n) is 59.5. The minimum absolute atomic E-state index is 0. The van der Waals surface area contributed by atoms with Crippen molar-refractivity contribution in [3.8, 4) is 0 Å². The number of ketones is 4. The fourth-order valence-electron chi connectivity index (χ4n) is 12.0. The zero-order chi connectivity index (χ0) is 74.5. The van der Waals surface area contributed by atoms with Crippen molar-refractivity contribution in [2.75, 3.05) is 170 Å². The Morgan fingerprint density at radius 1 is 0.324 bits per heavy atom. The number of carbonyl (C=O) groups is 10. The number of Topliss-reactive ketones (excluding diaryl/α,β-unsaturated/α-hetero) is 4. The van der Waals surface area contributed by atoms with Crippen LogP contribution >= 0.6 is 0 Å². The quantitative estimate of drug-likeness (QED) is 0.0282. The number of carboxylic acid groups (broad SMARTS) is 6. The van der Waals surface area contributed by atoms with Crippen LogP contribution in [0.25, 0.3) is 10.8 Å². The molecule has 2 aliphatic heterocycles. The number of carboxylic acids is 6. The van der Waals surface area contributed by atoms with Crippen LogP contribution in [0.5, 0.6) is 0 Å². The molecule has 5 aromatic rings. The molecule has 2 fully saturated rings. The van der Waals surface area contributed by atoms with Crippen LogP contribution in [0, 0.1) is 79.9 Å². The number of hydrogen-bond acceptors (Lipinski definition) is 22. The summed E-state index contributed by atoms with van der Waals surface area (Å²) in [5.41, 5.74) is 18.1. The number of ether oxygens (including phenoxy) is 2. The van der Waals surface area contributed by atoms with Gasteiger partial charge in [0.05, 0.1) is 77.7 Å². The predicted molar refractivity (Wildman–Crippen MR) is 385 cm³/mol. The van der Waals surface area contributed by atoms with Crippen molar-refractivity contribution >= 4 is 69.7 Å². The van der Waals surface area contributed by atoms with Crippen molar-refractivity contribution in [1.29, 1.82) is 0 Å². The summed E-state index contributed by atoms with van der Waals surface area (Å²) in [6, 6.07) is 38.0. The summed E-state index contributed by atoms with van der Waals surface area (Å²) in [4.78, 5) is 134. The summed E-state index contributed by atoms with van der Waals surface area (Å²) in [7, 11) is 0. The second-order valence-corrected chi connectivity index (χ2v) is 26.3. The molecule has 0 bridgehead atoms. The largest absolute Gasteiger partial charge is 3.00 e. The van der Waals surface area contributed by atoms with Gasteiger partial charge in [0.25, 0.3) is 0 Å². The van der Waals surface area contributed by atoms with Gasteiger partial charge >= 0.3 is 116 Å². The van der Waals surface area contributed by atoms with Crippen LogP contribution in [0.4, 0.5) is 0 Å². The third-order valence-corrected chi connectivity index (χ3v) is 18.0. The number of carbonyl (C=O) groups excluding carboxylic acids is 4. The van der Waals surface area contributed by atoms with Gasteiger partial charge in [0.1, 0.15) is 24.8 Å². The molecule has 0 aliphatic carbocycles. The number of aryl methyl sites for hydroxylation is 3. The molecule has 0 amide bonds. The van der Waals surface area contributed by atoms with Crippen LogP contribution in [-0.2, 0) is 96.3 Å². The van der Waals surface area contributed by atoms with E-state index in [-0.39, 0.29) is 188 Å². The Kier molecular flexibility index (Phi) is 44.1. The third-order valence-electron chi connectivity index (χ3n) is 18.0. The van der Waals surface area contributed by atoms with Crippen LogP contribution in [0.3, 0.4) is 0 Å². The van der Waals surface area contributed by atoms with Crippen molar-refractivity contribution in [3.05, 3.63) is 155 Å². The van der Waals surface area contributed by atoms with Crippen LogP contribution in [0.1, 0.15) is 52.6 Å². The van der Waals surface area contributed by atoms with E-state index in [1.54, 1.807) is 29.4 Å². The topological polar surface area (TPSA) is 389 Å². The molecule has 2 heterocycles. The molecule has 0 saturated carbocycles. The van der Waals surface area contributed by atoms with Gasteiger partial charge < -0.3 is 51.6 Å². The van der Waals surface area contributed by atoms with Crippen molar-refractivity contribution < 1.29 is 168 Å². The molecule has 0 aromatic heterocycles. The zero-order valence-corrected chi connectivity index (χ0v) is 64.0. The Bertz CT molecular complexity index is 3460. The Labute approximate surface area is 677 Å². The first kappa shape index (κ1) is 91.4. The molecule has 2 atom stereocenters. The van der Waals surface area contributed by atoms with E-state index in [9.17, 15) is 78.6 Å². The van der Waals surface area contributed by atoms with E-state index in [1.807, 2.05) is 125 Å². The van der Waals surface area contributed by atoms with Gasteiger partial charge in [0.15, 0.2) is 11.6 Å². The minimum atomic E-state index is -1.01. The Morgan fingerprint density at radius 2 is 0.600 bits per heavy atom. The maximum Gasteiger partial charge on any atom is 3.00 e. The number of rotatable bonds is 37. The van der Waals surface area contributed by atoms with Crippen molar-refractivity contribution in [1.82, 2.24) is 39.2 Å². The number of aliphatic carboxylic acids is 6. The maximum absolute atomic E-state index is 13.1. The molecule has 5 aromatic carbocycles. The first-order valence-corrected chi connectivity index (χ1v) is 34.9. The van der Waals surface area contributed by atoms with Gasteiger partial charge in [-0.3, -0.25) is 87.1 Å². The van der Waals surface area contributed by atoms with E-state index in [4.69, 9.17) is 20.9 Å². The predicted octanol–water partition coefficient (Wildman–Crippen LogP) is 2.18. The first-order valence-electron chi connectivity index (χ1n) is 34.9. The molecule has 2 radical (unpaired) electrons. The van der Waals surface area contributed by atoms with Gasteiger partial charge in [0, 0.05) is 118 Å². The van der Waals surface area contributed by atoms with E-state index < -0.39 is 47.9 Å². The monoisotopic (exact) mass is 1750 g/mol. The normalized spacial score (nSPS) is 16.2. The van der Waals surface area contributed by atoms with Gasteiger partial charge in [0.2, 0.25) is 0 Å². The van der Waals surface area contributed by atoms with Crippen molar-refractivity contribution in [2.45, 2.75) is 70.2 Å². The summed E-state index contributed by atoms with van der Waals surface area (Å²) in [5.74, 6) is -6.32. The second-order valence-electron chi connectivity index (χ2n) is 26.3. The van der Waals surface area contributed by atoms with E-state index in [2.05, 4.69) is 6.07 Å². The smallest absolute Gasteiger partial charge is 0.480 e. The van der Waals surface area contributed by atoms with E-state index >= 15 is 0 Å². The van der Waals surface area contributed by atoms with E-state index in [0.717, 1.165) is 50.6 Å². The van der Waals surface area contributed by atoms with E-state index in [1.165, 1.54) is 0 Å². The molecule has 2 saturated heterocycles. The molecule has 30 heteroatoms. The molecule has 0 spiro atoms. The second kappa shape index (κ2) is 50.6. The summed E-state index contributed by atoms with van der Waals surface area (Å²) in [6.45, 7) is 4.81. The van der Waals surface area contributed by atoms with Gasteiger partial charge in [-0.1, -0.05) is 121 Å². The van der Waals surface area contributed by atoms with Gasteiger partial charge in [-0.15, -0.1) is 0 Å². The Morgan fingerprint density at radius 3 is 0.933 bits per heavy atom. The van der Waals surface area contributed by atoms with Gasteiger partial charge in [-0.25, -0.2) is 0 Å². The molecular weight excluding hydrogens is 1640 g/mol. The molecular formula is C75H102Gd2N10O18+6. The fourth-order valence-corrected chi connectivity index (χ4v) is 12.0. The Balaban J connectivity index is 0.000000437.